The summed E-state index contributed by atoms with van der Waals surface area (Å²) < 4.78 is 5.26. The predicted octanol–water partition coefficient (Wildman–Crippen LogP) is 2.58. The van der Waals surface area contributed by atoms with Crippen LogP contribution in [-0.2, 0) is 4.74 Å². The zero-order valence-corrected chi connectivity index (χ0v) is 13.6. The van der Waals surface area contributed by atoms with Gasteiger partial charge in [0.1, 0.15) is 17.5 Å². The summed E-state index contributed by atoms with van der Waals surface area (Å²) in [5, 5.41) is 10.1. The number of aromatic nitrogens is 1. The largest absolute Gasteiger partial charge is 0.440 e. The molecule has 5 heteroatoms. The molecule has 1 fully saturated rings. The van der Waals surface area contributed by atoms with E-state index in [0.717, 1.165) is 11.1 Å². The fourth-order valence-electron chi connectivity index (χ4n) is 2.29. The van der Waals surface area contributed by atoms with E-state index in [1.807, 2.05) is 30.3 Å². The number of anilines is 1. The van der Waals surface area contributed by atoms with Crippen molar-refractivity contribution in [1.82, 2.24) is 4.98 Å². The molecule has 1 aromatic heterocycles. The number of aliphatic hydroxyl groups excluding tert-OH is 1. The number of hydrogen-bond donors (Lipinski definition) is 1. The summed E-state index contributed by atoms with van der Waals surface area (Å²) in [5.74, 6) is 6.51. The average Bonchev–Trinajstić information content (AvgIpc) is 2.57. The minimum Gasteiger partial charge on any atom is -0.440 e. The Kier molecular flexibility index (Phi) is 4.24. The molecular formula is C19H18N2O3. The van der Waals surface area contributed by atoms with E-state index >= 15 is 0 Å². The van der Waals surface area contributed by atoms with E-state index < -0.39 is 17.8 Å². The number of rotatable bonds is 1. The number of carbonyl (C=O) groups excluding carboxylic acids is 1. The zero-order chi connectivity index (χ0) is 17.2. The van der Waals surface area contributed by atoms with Crippen LogP contribution in [0.25, 0.3) is 0 Å². The molecule has 1 aliphatic rings. The molecule has 0 saturated carbocycles. The molecule has 3 rings (SSSR count). The smallest absolute Gasteiger partial charge is 0.416 e. The second-order valence-electron chi connectivity index (χ2n) is 6.12. The van der Waals surface area contributed by atoms with Crippen LogP contribution in [0.3, 0.4) is 0 Å². The SMILES string of the molecule is CC1(C)OC(=O)N(c2ccc(C#Cc3ccccc3)cn2)CC1O. The molecule has 1 amide bonds. The molecular weight excluding hydrogens is 304 g/mol. The summed E-state index contributed by atoms with van der Waals surface area (Å²) in [6.07, 6.45) is 0.306. The Bertz CT molecular complexity index is 789. The fraction of sp³-hybridized carbons (Fsp3) is 0.263. The molecule has 5 nitrogen and oxygen atoms in total. The third-order valence-corrected chi connectivity index (χ3v) is 3.88. The van der Waals surface area contributed by atoms with Gasteiger partial charge in [-0.2, -0.15) is 0 Å². The first-order valence-electron chi connectivity index (χ1n) is 7.67. The molecule has 0 spiro atoms. The summed E-state index contributed by atoms with van der Waals surface area (Å²) >= 11 is 0. The molecule has 1 aliphatic heterocycles. The van der Waals surface area contributed by atoms with Crippen LogP contribution in [0.5, 0.6) is 0 Å². The molecule has 2 heterocycles. The zero-order valence-electron chi connectivity index (χ0n) is 13.6. The number of nitrogens with zero attached hydrogens (tertiary/aromatic N) is 2. The predicted molar refractivity (Wildman–Crippen MR) is 90.6 cm³/mol. The van der Waals surface area contributed by atoms with E-state index in [0.29, 0.717) is 5.82 Å². The van der Waals surface area contributed by atoms with E-state index in [9.17, 15) is 9.90 Å². The molecule has 1 atom stereocenters. The Hall–Kier alpha value is -2.84. The third-order valence-electron chi connectivity index (χ3n) is 3.88. The standard InChI is InChI=1S/C19H18N2O3/c1-19(2)16(22)13-21(18(23)24-19)17-11-10-15(12-20-17)9-8-14-6-4-3-5-7-14/h3-7,10-12,16,22H,13H2,1-2H3. The van der Waals surface area contributed by atoms with Crippen LogP contribution in [0.1, 0.15) is 25.0 Å². The number of cyclic esters (lactones) is 1. The summed E-state index contributed by atoms with van der Waals surface area (Å²) in [6, 6.07) is 13.2. The number of carbonyl (C=O) groups is 1. The van der Waals surface area contributed by atoms with Crippen molar-refractivity contribution in [2.75, 3.05) is 11.4 Å². The molecule has 1 aromatic carbocycles. The van der Waals surface area contributed by atoms with Crippen molar-refractivity contribution in [1.29, 1.82) is 0 Å². The lowest BCUT2D eigenvalue weighted by Gasteiger charge is -2.39. The first kappa shape index (κ1) is 16.0. The third kappa shape index (κ3) is 3.39. The van der Waals surface area contributed by atoms with Gasteiger partial charge in [0.15, 0.2) is 0 Å². The molecule has 0 radical (unpaired) electrons. The van der Waals surface area contributed by atoms with E-state index in [4.69, 9.17) is 4.74 Å². The van der Waals surface area contributed by atoms with Crippen LogP contribution in [-0.4, -0.2) is 34.4 Å². The number of pyridine rings is 1. The Morgan fingerprint density at radius 2 is 1.88 bits per heavy atom. The summed E-state index contributed by atoms with van der Waals surface area (Å²) in [7, 11) is 0. The second kappa shape index (κ2) is 6.34. The number of β-amino-alcohol motifs (C(OH)–C–C–N with tert-alkyl or cyclic N) is 1. The number of benzene rings is 1. The van der Waals surface area contributed by atoms with E-state index in [-0.39, 0.29) is 6.54 Å². The monoisotopic (exact) mass is 322 g/mol. The van der Waals surface area contributed by atoms with Crippen molar-refractivity contribution in [2.24, 2.45) is 0 Å². The minimum atomic E-state index is -0.894. The van der Waals surface area contributed by atoms with Gasteiger partial charge in [-0.1, -0.05) is 30.0 Å². The Balaban J connectivity index is 1.76. The topological polar surface area (TPSA) is 62.7 Å². The van der Waals surface area contributed by atoms with Gasteiger partial charge in [-0.25, -0.2) is 9.78 Å². The van der Waals surface area contributed by atoms with Crippen molar-refractivity contribution in [3.05, 3.63) is 59.8 Å². The number of hydrogen-bond acceptors (Lipinski definition) is 4. The molecule has 1 unspecified atom stereocenters. The molecule has 1 N–H and O–H groups in total. The van der Waals surface area contributed by atoms with Crippen molar-refractivity contribution < 1.29 is 14.6 Å². The Morgan fingerprint density at radius 1 is 1.17 bits per heavy atom. The number of aliphatic hydroxyl groups is 1. The van der Waals surface area contributed by atoms with Crippen LogP contribution in [0.2, 0.25) is 0 Å². The van der Waals surface area contributed by atoms with Gasteiger partial charge < -0.3 is 9.84 Å². The van der Waals surface area contributed by atoms with Crippen LogP contribution >= 0.6 is 0 Å². The second-order valence-corrected chi connectivity index (χ2v) is 6.12. The lowest BCUT2D eigenvalue weighted by Crippen LogP contribution is -2.56. The van der Waals surface area contributed by atoms with Crippen molar-refractivity contribution >= 4 is 11.9 Å². The summed E-state index contributed by atoms with van der Waals surface area (Å²) in [4.78, 5) is 17.7. The molecule has 122 valence electrons. The maximum absolute atomic E-state index is 12.1. The van der Waals surface area contributed by atoms with Gasteiger partial charge >= 0.3 is 6.09 Å². The summed E-state index contributed by atoms with van der Waals surface area (Å²) in [6.45, 7) is 3.51. The van der Waals surface area contributed by atoms with Crippen molar-refractivity contribution in [3.8, 4) is 11.8 Å². The van der Waals surface area contributed by atoms with Gasteiger partial charge in [-0.05, 0) is 38.1 Å². The Labute approximate surface area is 140 Å². The molecule has 0 bridgehead atoms. The lowest BCUT2D eigenvalue weighted by atomic mass is 10.00. The highest BCUT2D eigenvalue weighted by Gasteiger charge is 2.41. The summed E-state index contributed by atoms with van der Waals surface area (Å²) in [5.41, 5.74) is 0.773. The van der Waals surface area contributed by atoms with Gasteiger partial charge in [0.25, 0.3) is 0 Å². The molecule has 1 saturated heterocycles. The van der Waals surface area contributed by atoms with Crippen molar-refractivity contribution in [2.45, 2.75) is 25.6 Å². The lowest BCUT2D eigenvalue weighted by molar-refractivity contribution is -0.0681. The molecule has 0 aliphatic carbocycles. The van der Waals surface area contributed by atoms with Crippen LogP contribution in [0.15, 0.2) is 48.7 Å². The van der Waals surface area contributed by atoms with Crippen molar-refractivity contribution in [3.63, 3.8) is 0 Å². The minimum absolute atomic E-state index is 0.147. The van der Waals surface area contributed by atoms with Crippen LogP contribution in [0.4, 0.5) is 10.6 Å². The van der Waals surface area contributed by atoms with Crippen LogP contribution in [0, 0.1) is 11.8 Å². The normalized spacial score (nSPS) is 19.2. The first-order valence-corrected chi connectivity index (χ1v) is 7.67. The maximum atomic E-state index is 12.1. The number of ether oxygens (including phenoxy) is 1. The van der Waals surface area contributed by atoms with Crippen LogP contribution < -0.4 is 4.90 Å². The highest BCUT2D eigenvalue weighted by molar-refractivity contribution is 5.87. The average molecular weight is 322 g/mol. The highest BCUT2D eigenvalue weighted by atomic mass is 16.6. The quantitative estimate of drug-likeness (QED) is 0.820. The van der Waals surface area contributed by atoms with Gasteiger partial charge in [0.05, 0.1) is 6.54 Å². The maximum Gasteiger partial charge on any atom is 0.416 e. The molecule has 24 heavy (non-hydrogen) atoms. The van der Waals surface area contributed by atoms with Gasteiger partial charge in [-0.3, -0.25) is 4.90 Å². The van der Waals surface area contributed by atoms with Gasteiger partial charge in [0.2, 0.25) is 0 Å². The Morgan fingerprint density at radius 3 is 2.54 bits per heavy atom. The molecule has 2 aromatic rings. The van der Waals surface area contributed by atoms with Gasteiger partial charge in [0, 0.05) is 17.3 Å². The van der Waals surface area contributed by atoms with Gasteiger partial charge in [-0.15, -0.1) is 0 Å². The van der Waals surface area contributed by atoms with E-state index in [1.165, 1.54) is 4.90 Å². The van der Waals surface area contributed by atoms with E-state index in [1.54, 1.807) is 32.2 Å². The number of amides is 1. The first-order chi connectivity index (χ1) is 11.5. The highest BCUT2D eigenvalue weighted by Crippen LogP contribution is 2.26. The van der Waals surface area contributed by atoms with E-state index in [2.05, 4.69) is 16.8 Å². The fourth-order valence-corrected chi connectivity index (χ4v) is 2.29.